The van der Waals surface area contributed by atoms with Crippen LogP contribution in [0.1, 0.15) is 26.2 Å². The fourth-order valence-electron chi connectivity index (χ4n) is 1.64. The molecule has 1 aliphatic carbocycles. The Morgan fingerprint density at radius 2 is 2.12 bits per heavy atom. The first-order valence-electron chi connectivity index (χ1n) is 5.67. The molecule has 1 saturated carbocycles. The number of rotatable bonds is 7. The maximum atomic E-state index is 11.4. The van der Waals surface area contributed by atoms with Crippen LogP contribution in [0.2, 0.25) is 0 Å². The molecule has 1 unspecified atom stereocenters. The van der Waals surface area contributed by atoms with E-state index in [0.717, 1.165) is 12.8 Å². The third kappa shape index (κ3) is 3.81. The second kappa shape index (κ2) is 5.84. The standard InChI is InChI=1S/C11H19NO4/c1-7(6-13)3-2-4-12-10(14)8-5-9(8)11(15)16/h7-9,13H,2-6H2,1H3,(H,12,14)(H,15,16)/t7?,8-,9+/m1/s1. The van der Waals surface area contributed by atoms with E-state index in [1.807, 2.05) is 6.92 Å². The van der Waals surface area contributed by atoms with Crippen molar-refractivity contribution in [3.05, 3.63) is 0 Å². The minimum absolute atomic E-state index is 0.149. The Labute approximate surface area is 94.8 Å². The summed E-state index contributed by atoms with van der Waals surface area (Å²) in [5.74, 6) is -1.58. The smallest absolute Gasteiger partial charge is 0.307 e. The summed E-state index contributed by atoms with van der Waals surface area (Å²) in [5, 5.41) is 20.2. The Hall–Kier alpha value is -1.10. The van der Waals surface area contributed by atoms with Gasteiger partial charge in [-0.25, -0.2) is 0 Å². The number of aliphatic hydroxyl groups is 1. The summed E-state index contributed by atoms with van der Waals surface area (Å²) in [4.78, 5) is 21.9. The van der Waals surface area contributed by atoms with Gasteiger partial charge in [0.25, 0.3) is 0 Å². The van der Waals surface area contributed by atoms with Gasteiger partial charge < -0.3 is 15.5 Å². The lowest BCUT2D eigenvalue weighted by molar-refractivity contribution is -0.140. The van der Waals surface area contributed by atoms with Crippen molar-refractivity contribution in [3.8, 4) is 0 Å². The number of carbonyl (C=O) groups excluding carboxylic acids is 1. The number of carbonyl (C=O) groups is 2. The first-order valence-corrected chi connectivity index (χ1v) is 5.67. The summed E-state index contributed by atoms with van der Waals surface area (Å²) in [6, 6.07) is 0. The lowest BCUT2D eigenvalue weighted by Crippen LogP contribution is -2.27. The van der Waals surface area contributed by atoms with Crippen LogP contribution in [-0.2, 0) is 9.59 Å². The Kier molecular flexibility index (Phi) is 4.73. The molecule has 1 aliphatic rings. The van der Waals surface area contributed by atoms with Crippen LogP contribution < -0.4 is 5.32 Å². The van der Waals surface area contributed by atoms with Crippen LogP contribution in [0.3, 0.4) is 0 Å². The van der Waals surface area contributed by atoms with Gasteiger partial charge in [-0.2, -0.15) is 0 Å². The monoisotopic (exact) mass is 229 g/mol. The van der Waals surface area contributed by atoms with E-state index in [-0.39, 0.29) is 24.3 Å². The largest absolute Gasteiger partial charge is 0.481 e. The van der Waals surface area contributed by atoms with Crippen LogP contribution in [-0.4, -0.2) is 35.2 Å². The van der Waals surface area contributed by atoms with Crippen LogP contribution in [0.25, 0.3) is 0 Å². The Balaban J connectivity index is 2.06. The van der Waals surface area contributed by atoms with Crippen LogP contribution in [0.15, 0.2) is 0 Å². The first kappa shape index (κ1) is 13.0. The van der Waals surface area contributed by atoms with Gasteiger partial charge in [0.1, 0.15) is 0 Å². The van der Waals surface area contributed by atoms with Gasteiger partial charge in [0.2, 0.25) is 5.91 Å². The Morgan fingerprint density at radius 1 is 1.44 bits per heavy atom. The van der Waals surface area contributed by atoms with Crippen LogP contribution in [0, 0.1) is 17.8 Å². The predicted octanol–water partition coefficient (Wildman–Crippen LogP) is 0.232. The summed E-state index contributed by atoms with van der Waals surface area (Å²) in [5.41, 5.74) is 0. The number of hydrogen-bond donors (Lipinski definition) is 3. The highest BCUT2D eigenvalue weighted by Crippen LogP contribution is 2.38. The zero-order valence-electron chi connectivity index (χ0n) is 9.48. The highest BCUT2D eigenvalue weighted by atomic mass is 16.4. The molecule has 0 bridgehead atoms. The van der Waals surface area contributed by atoms with Gasteiger partial charge >= 0.3 is 5.97 Å². The molecule has 0 aromatic heterocycles. The zero-order chi connectivity index (χ0) is 12.1. The van der Waals surface area contributed by atoms with Gasteiger partial charge in [-0.1, -0.05) is 6.92 Å². The van der Waals surface area contributed by atoms with E-state index in [0.29, 0.717) is 13.0 Å². The van der Waals surface area contributed by atoms with Gasteiger partial charge in [-0.3, -0.25) is 9.59 Å². The van der Waals surface area contributed by atoms with E-state index < -0.39 is 11.9 Å². The molecule has 1 amide bonds. The summed E-state index contributed by atoms with van der Waals surface area (Å²) < 4.78 is 0. The molecule has 5 heteroatoms. The number of aliphatic carboxylic acids is 1. The average molecular weight is 229 g/mol. The van der Waals surface area contributed by atoms with Crippen LogP contribution >= 0.6 is 0 Å². The molecule has 16 heavy (non-hydrogen) atoms. The highest BCUT2D eigenvalue weighted by Gasteiger charge is 2.48. The van der Waals surface area contributed by atoms with E-state index in [2.05, 4.69) is 5.32 Å². The second-order valence-electron chi connectivity index (χ2n) is 4.51. The average Bonchev–Trinajstić information content (AvgIpc) is 3.03. The number of aliphatic hydroxyl groups excluding tert-OH is 1. The lowest BCUT2D eigenvalue weighted by atomic mass is 10.1. The van der Waals surface area contributed by atoms with Gasteiger partial charge in [-0.05, 0) is 25.2 Å². The van der Waals surface area contributed by atoms with Crippen molar-refractivity contribution in [1.29, 1.82) is 0 Å². The first-order chi connectivity index (χ1) is 7.56. The summed E-state index contributed by atoms with van der Waals surface area (Å²) in [6.07, 6.45) is 2.15. The van der Waals surface area contributed by atoms with E-state index in [1.54, 1.807) is 0 Å². The van der Waals surface area contributed by atoms with Crippen molar-refractivity contribution < 1.29 is 19.8 Å². The third-order valence-electron chi connectivity index (χ3n) is 2.93. The number of carboxylic acid groups (broad SMARTS) is 1. The predicted molar refractivity (Wildman–Crippen MR) is 57.7 cm³/mol. The Morgan fingerprint density at radius 3 is 2.62 bits per heavy atom. The van der Waals surface area contributed by atoms with Gasteiger partial charge in [0.15, 0.2) is 0 Å². The summed E-state index contributed by atoms with van der Waals surface area (Å²) in [6.45, 7) is 2.67. The molecule has 3 N–H and O–H groups in total. The van der Waals surface area contributed by atoms with Crippen molar-refractivity contribution in [3.63, 3.8) is 0 Å². The van der Waals surface area contributed by atoms with Crippen molar-refractivity contribution >= 4 is 11.9 Å². The number of carboxylic acids is 1. The van der Waals surface area contributed by atoms with Crippen LogP contribution in [0.4, 0.5) is 0 Å². The fraction of sp³-hybridized carbons (Fsp3) is 0.818. The van der Waals surface area contributed by atoms with Crippen molar-refractivity contribution in [2.75, 3.05) is 13.2 Å². The molecule has 0 spiro atoms. The second-order valence-corrected chi connectivity index (χ2v) is 4.51. The quantitative estimate of drug-likeness (QED) is 0.545. The molecule has 1 fully saturated rings. The van der Waals surface area contributed by atoms with Crippen molar-refractivity contribution in [1.82, 2.24) is 5.32 Å². The normalized spacial score (nSPS) is 24.9. The number of hydrogen-bond acceptors (Lipinski definition) is 3. The molecule has 92 valence electrons. The molecule has 5 nitrogen and oxygen atoms in total. The summed E-state index contributed by atoms with van der Waals surface area (Å²) >= 11 is 0. The van der Waals surface area contributed by atoms with E-state index in [1.165, 1.54) is 0 Å². The van der Waals surface area contributed by atoms with Crippen molar-refractivity contribution in [2.45, 2.75) is 26.2 Å². The van der Waals surface area contributed by atoms with Crippen LogP contribution in [0.5, 0.6) is 0 Å². The van der Waals surface area contributed by atoms with E-state index in [4.69, 9.17) is 10.2 Å². The summed E-state index contributed by atoms with van der Waals surface area (Å²) in [7, 11) is 0. The molecular formula is C11H19NO4. The molecule has 3 atom stereocenters. The number of nitrogens with one attached hydrogen (secondary N) is 1. The molecule has 0 heterocycles. The topological polar surface area (TPSA) is 86.6 Å². The molecule has 0 radical (unpaired) electrons. The zero-order valence-corrected chi connectivity index (χ0v) is 9.48. The van der Waals surface area contributed by atoms with Gasteiger partial charge in [0, 0.05) is 13.2 Å². The number of amides is 1. The fourth-order valence-corrected chi connectivity index (χ4v) is 1.64. The molecule has 0 saturated heterocycles. The maximum absolute atomic E-state index is 11.4. The molecule has 0 aromatic carbocycles. The van der Waals surface area contributed by atoms with E-state index in [9.17, 15) is 9.59 Å². The maximum Gasteiger partial charge on any atom is 0.307 e. The minimum Gasteiger partial charge on any atom is -0.481 e. The molecule has 0 aliphatic heterocycles. The molecular weight excluding hydrogens is 210 g/mol. The Bertz CT molecular complexity index is 267. The van der Waals surface area contributed by atoms with Crippen molar-refractivity contribution in [2.24, 2.45) is 17.8 Å². The lowest BCUT2D eigenvalue weighted by Gasteiger charge is -2.08. The molecule has 1 rings (SSSR count). The molecule has 0 aromatic rings. The van der Waals surface area contributed by atoms with Gasteiger partial charge in [-0.15, -0.1) is 0 Å². The van der Waals surface area contributed by atoms with Gasteiger partial charge in [0.05, 0.1) is 11.8 Å². The SMILES string of the molecule is CC(CO)CCCNC(=O)[C@@H]1C[C@@H]1C(=O)O. The van der Waals surface area contributed by atoms with E-state index >= 15 is 0 Å². The minimum atomic E-state index is -0.881. The third-order valence-corrected chi connectivity index (χ3v) is 2.93. The highest BCUT2D eigenvalue weighted by molar-refractivity contribution is 5.89.